The van der Waals surface area contributed by atoms with E-state index in [4.69, 9.17) is 4.74 Å². The molecule has 34 heavy (non-hydrogen) atoms. The zero-order valence-corrected chi connectivity index (χ0v) is 19.5. The van der Waals surface area contributed by atoms with E-state index in [0.717, 1.165) is 23.0 Å². The van der Waals surface area contributed by atoms with Crippen molar-refractivity contribution in [3.8, 4) is 17.2 Å². The molecule has 0 aliphatic heterocycles. The van der Waals surface area contributed by atoms with Crippen LogP contribution in [-0.2, 0) is 11.2 Å². The minimum atomic E-state index is -0.443. The number of allylic oxidation sites excluding steroid dienone is 2. The van der Waals surface area contributed by atoms with Gasteiger partial charge in [0.25, 0.3) is 0 Å². The lowest BCUT2D eigenvalue weighted by Crippen LogP contribution is -2.22. The van der Waals surface area contributed by atoms with Gasteiger partial charge in [0.2, 0.25) is 5.91 Å². The molecular weight excluding hydrogens is 428 g/mol. The fourth-order valence-corrected chi connectivity index (χ4v) is 4.02. The number of nitrogens with one attached hydrogen (secondary N) is 1. The summed E-state index contributed by atoms with van der Waals surface area (Å²) in [5.41, 5.74) is 4.08. The first kappa shape index (κ1) is 23.0. The topological polar surface area (TPSA) is 77.4 Å². The predicted molar refractivity (Wildman–Crippen MR) is 134 cm³/mol. The fourth-order valence-electron chi connectivity index (χ4n) is 4.02. The summed E-state index contributed by atoms with van der Waals surface area (Å²) in [6.45, 7) is 9.26. The third-order valence-electron chi connectivity index (χ3n) is 5.84. The summed E-state index contributed by atoms with van der Waals surface area (Å²) in [6, 6.07) is 11.3. The molecule has 1 heterocycles. The summed E-state index contributed by atoms with van der Waals surface area (Å²) in [6.07, 6.45) is 7.19. The van der Waals surface area contributed by atoms with Gasteiger partial charge in [-0.3, -0.25) is 14.4 Å². The first-order valence-corrected chi connectivity index (χ1v) is 11.1. The second-order valence-electron chi connectivity index (χ2n) is 8.19. The van der Waals surface area contributed by atoms with Gasteiger partial charge in [-0.05, 0) is 61.7 Å². The number of carbonyl (C=O) groups excluding carboxylic acids is 2. The second-order valence-corrected chi connectivity index (χ2v) is 8.19. The lowest BCUT2D eigenvalue weighted by molar-refractivity contribution is -0.115. The van der Waals surface area contributed by atoms with Gasteiger partial charge in [0.05, 0.1) is 16.9 Å². The van der Waals surface area contributed by atoms with E-state index < -0.39 is 5.78 Å². The van der Waals surface area contributed by atoms with E-state index >= 15 is 0 Å². The van der Waals surface area contributed by atoms with E-state index in [1.165, 1.54) is 6.20 Å². The largest absolute Gasteiger partial charge is 0.455 e. The van der Waals surface area contributed by atoms with Crippen LogP contribution in [0.5, 0.6) is 11.5 Å². The van der Waals surface area contributed by atoms with Crippen molar-refractivity contribution in [1.29, 1.82) is 0 Å². The van der Waals surface area contributed by atoms with Crippen LogP contribution >= 0.6 is 0 Å². The number of ether oxygens (including phenoxy) is 1. The van der Waals surface area contributed by atoms with Crippen LogP contribution in [0.15, 0.2) is 66.1 Å². The molecule has 1 aliphatic carbocycles. The number of rotatable bonds is 7. The summed E-state index contributed by atoms with van der Waals surface area (Å²) >= 11 is 0. The minimum absolute atomic E-state index is 0.0402. The van der Waals surface area contributed by atoms with Crippen molar-refractivity contribution in [2.45, 2.75) is 33.6 Å². The third kappa shape index (κ3) is 4.22. The predicted octanol–water partition coefficient (Wildman–Crippen LogP) is 5.53. The maximum absolute atomic E-state index is 13.0. The Hall–Kier alpha value is -4.19. The van der Waals surface area contributed by atoms with Crippen LogP contribution in [0.25, 0.3) is 11.8 Å². The summed E-state index contributed by atoms with van der Waals surface area (Å²) in [7, 11) is 0. The third-order valence-corrected chi connectivity index (χ3v) is 5.84. The van der Waals surface area contributed by atoms with Crippen LogP contribution in [0, 0.1) is 13.8 Å². The molecule has 172 valence electrons. The van der Waals surface area contributed by atoms with Gasteiger partial charge in [-0.25, -0.2) is 0 Å². The van der Waals surface area contributed by atoms with Gasteiger partial charge >= 0.3 is 0 Å². The molecule has 1 aromatic heterocycles. The molecule has 0 atom stereocenters. The van der Waals surface area contributed by atoms with E-state index in [0.29, 0.717) is 41.2 Å². The summed E-state index contributed by atoms with van der Waals surface area (Å²) in [5, 5.41) is 2.87. The van der Waals surface area contributed by atoms with Crippen LogP contribution in [0.1, 0.15) is 46.1 Å². The fraction of sp³-hybridized carbons (Fsp3) is 0.179. The molecule has 1 N–H and O–H groups in total. The molecular formula is C28H26N2O4. The maximum Gasteiger partial charge on any atom is 0.224 e. The van der Waals surface area contributed by atoms with Crippen LogP contribution in [0.2, 0.25) is 0 Å². The van der Waals surface area contributed by atoms with Gasteiger partial charge in [-0.15, -0.1) is 0 Å². The Bertz CT molecular complexity index is 1390. The number of hydrogen-bond donors (Lipinski definition) is 1. The molecule has 6 heteroatoms. The van der Waals surface area contributed by atoms with E-state index in [9.17, 15) is 14.4 Å². The molecule has 4 rings (SSSR count). The molecule has 0 bridgehead atoms. The molecule has 0 saturated carbocycles. The number of fused-ring (bicyclic) bond motifs is 1. The Kier molecular flexibility index (Phi) is 6.32. The highest BCUT2D eigenvalue weighted by Gasteiger charge is 2.22. The summed E-state index contributed by atoms with van der Waals surface area (Å²) in [4.78, 5) is 37.5. The molecule has 0 saturated heterocycles. The monoisotopic (exact) mass is 454 g/mol. The van der Waals surface area contributed by atoms with Crippen LogP contribution in [-0.4, -0.2) is 16.3 Å². The lowest BCUT2D eigenvalue weighted by atomic mass is 10.1. The average molecular weight is 455 g/mol. The Balaban J connectivity index is 1.96. The van der Waals surface area contributed by atoms with Crippen molar-refractivity contribution in [2.24, 2.45) is 0 Å². The van der Waals surface area contributed by atoms with E-state index in [1.807, 2.05) is 44.2 Å². The van der Waals surface area contributed by atoms with E-state index in [2.05, 4.69) is 11.9 Å². The van der Waals surface area contributed by atoms with Crippen LogP contribution in [0.3, 0.4) is 0 Å². The Morgan fingerprint density at radius 3 is 2.59 bits per heavy atom. The molecule has 2 aromatic carbocycles. The number of carbonyl (C=O) groups is 2. The van der Waals surface area contributed by atoms with E-state index in [1.54, 1.807) is 29.7 Å². The van der Waals surface area contributed by atoms with Crippen molar-refractivity contribution in [3.63, 3.8) is 0 Å². The van der Waals surface area contributed by atoms with Crippen molar-refractivity contribution in [1.82, 2.24) is 4.57 Å². The highest BCUT2D eigenvalue weighted by Crippen LogP contribution is 2.36. The van der Waals surface area contributed by atoms with Crippen LogP contribution in [0.4, 0.5) is 5.69 Å². The second kappa shape index (κ2) is 9.35. The molecule has 0 fully saturated rings. The van der Waals surface area contributed by atoms with Gasteiger partial charge in [0.1, 0.15) is 5.75 Å². The number of amides is 1. The first-order valence-electron chi connectivity index (χ1n) is 11.1. The zero-order valence-electron chi connectivity index (χ0n) is 19.5. The van der Waals surface area contributed by atoms with Crippen molar-refractivity contribution < 1.29 is 14.3 Å². The first-order chi connectivity index (χ1) is 16.3. The quantitative estimate of drug-likeness (QED) is 0.376. The van der Waals surface area contributed by atoms with E-state index in [-0.39, 0.29) is 16.9 Å². The molecule has 1 amide bonds. The zero-order chi connectivity index (χ0) is 24.4. The number of aryl methyl sites for hydroxylation is 2. The lowest BCUT2D eigenvalue weighted by Gasteiger charge is -2.20. The number of aromatic nitrogens is 1. The van der Waals surface area contributed by atoms with Gasteiger partial charge < -0.3 is 14.6 Å². The average Bonchev–Trinajstić information content (AvgIpc) is 3.32. The van der Waals surface area contributed by atoms with Gasteiger partial charge in [-0.2, -0.15) is 0 Å². The normalized spacial score (nSPS) is 11.7. The number of benzene rings is 2. The van der Waals surface area contributed by atoms with Gasteiger partial charge in [-0.1, -0.05) is 37.8 Å². The smallest absolute Gasteiger partial charge is 0.224 e. The molecule has 3 aromatic rings. The number of pyridine rings is 1. The Labute approximate surface area is 198 Å². The van der Waals surface area contributed by atoms with Crippen LogP contribution < -0.4 is 15.5 Å². The Morgan fingerprint density at radius 1 is 1.18 bits per heavy atom. The highest BCUT2D eigenvalue weighted by molar-refractivity contribution is 6.04. The standard InChI is InChI=1S/C28H26N2O4/c1-5-24(31)21-16-30(22-12-8-11-20(22)27(21)33)23-15-19(29-26(32)6-2)13-14-25(23)34-28-17(3)9-7-10-18(28)4/h5,7-10,12-16H,1,6,11H2,2-4H3,(H,29,32). The number of nitrogens with zero attached hydrogens (tertiary/aromatic N) is 1. The number of anilines is 1. The van der Waals surface area contributed by atoms with Crippen molar-refractivity contribution in [2.75, 3.05) is 5.32 Å². The molecule has 0 radical (unpaired) electrons. The highest BCUT2D eigenvalue weighted by atomic mass is 16.5. The molecule has 0 unspecified atom stereocenters. The number of para-hydroxylation sites is 1. The molecule has 6 nitrogen and oxygen atoms in total. The number of hydrogen-bond acceptors (Lipinski definition) is 4. The molecule has 1 aliphatic rings. The Morgan fingerprint density at radius 2 is 1.91 bits per heavy atom. The van der Waals surface area contributed by atoms with Gasteiger partial charge in [0.15, 0.2) is 17.0 Å². The van der Waals surface area contributed by atoms with Crippen molar-refractivity contribution >= 4 is 23.5 Å². The summed E-state index contributed by atoms with van der Waals surface area (Å²) in [5.74, 6) is 0.683. The minimum Gasteiger partial charge on any atom is -0.455 e. The van der Waals surface area contributed by atoms with Crippen molar-refractivity contribution in [3.05, 3.63) is 99.5 Å². The number of ketones is 1. The maximum atomic E-state index is 13.0. The van der Waals surface area contributed by atoms with Gasteiger partial charge in [0, 0.05) is 23.9 Å². The molecule has 0 spiro atoms. The SMILES string of the molecule is C=CC(=O)c1cn(-c2cc(NC(=O)CC)ccc2Oc2c(C)cccc2C)c2c(c1=O)CC=C2. The summed E-state index contributed by atoms with van der Waals surface area (Å²) < 4.78 is 8.17.